The summed E-state index contributed by atoms with van der Waals surface area (Å²) in [4.78, 5) is 18.7. The summed E-state index contributed by atoms with van der Waals surface area (Å²) < 4.78 is 5.89. The first kappa shape index (κ1) is 21.8. The Hall–Kier alpha value is -2.86. The van der Waals surface area contributed by atoms with E-state index in [2.05, 4.69) is 44.8 Å². The number of ether oxygens (including phenoxy) is 1. The SMILES string of the molecule is CN=C(NCC(=O)NCCc1ccccc1)N1CCC(COCc2ccccc2)C1. The number of benzene rings is 2. The van der Waals surface area contributed by atoms with Gasteiger partial charge in [0, 0.05) is 32.6 Å². The molecule has 2 aromatic carbocycles. The van der Waals surface area contributed by atoms with Crippen molar-refractivity contribution in [1.29, 1.82) is 0 Å². The van der Waals surface area contributed by atoms with Crippen molar-refractivity contribution in [3.63, 3.8) is 0 Å². The maximum absolute atomic E-state index is 12.1. The summed E-state index contributed by atoms with van der Waals surface area (Å²) in [5.41, 5.74) is 2.42. The lowest BCUT2D eigenvalue weighted by Crippen LogP contribution is -2.45. The molecule has 0 spiro atoms. The highest BCUT2D eigenvalue weighted by atomic mass is 16.5. The molecule has 2 N–H and O–H groups in total. The highest BCUT2D eigenvalue weighted by Crippen LogP contribution is 2.17. The van der Waals surface area contributed by atoms with E-state index in [1.165, 1.54) is 11.1 Å². The van der Waals surface area contributed by atoms with E-state index in [9.17, 15) is 4.79 Å². The van der Waals surface area contributed by atoms with Gasteiger partial charge in [-0.25, -0.2) is 0 Å². The molecule has 30 heavy (non-hydrogen) atoms. The minimum atomic E-state index is -0.0194. The van der Waals surface area contributed by atoms with Gasteiger partial charge in [0.25, 0.3) is 0 Å². The second kappa shape index (κ2) is 12.0. The van der Waals surface area contributed by atoms with Gasteiger partial charge in [-0.05, 0) is 24.0 Å². The highest BCUT2D eigenvalue weighted by molar-refractivity contribution is 5.86. The molecule has 0 aromatic heterocycles. The quantitative estimate of drug-likeness (QED) is 0.494. The zero-order chi connectivity index (χ0) is 21.0. The van der Waals surface area contributed by atoms with E-state index in [1.54, 1.807) is 7.05 Å². The number of nitrogens with one attached hydrogen (secondary N) is 2. The van der Waals surface area contributed by atoms with Crippen molar-refractivity contribution in [3.05, 3.63) is 71.8 Å². The molecule has 1 aliphatic rings. The molecule has 0 aliphatic carbocycles. The van der Waals surface area contributed by atoms with E-state index in [-0.39, 0.29) is 12.5 Å². The molecule has 1 unspecified atom stereocenters. The van der Waals surface area contributed by atoms with E-state index in [0.29, 0.717) is 19.1 Å². The third kappa shape index (κ3) is 7.19. The van der Waals surface area contributed by atoms with Crippen molar-refractivity contribution in [1.82, 2.24) is 15.5 Å². The molecular weight excluding hydrogens is 376 g/mol. The molecule has 6 nitrogen and oxygen atoms in total. The van der Waals surface area contributed by atoms with Gasteiger partial charge in [-0.3, -0.25) is 9.79 Å². The van der Waals surface area contributed by atoms with E-state index >= 15 is 0 Å². The molecule has 1 heterocycles. The average molecular weight is 409 g/mol. The lowest BCUT2D eigenvalue weighted by Gasteiger charge is -2.21. The molecule has 1 fully saturated rings. The smallest absolute Gasteiger partial charge is 0.239 e. The molecule has 6 heteroatoms. The minimum absolute atomic E-state index is 0.0194. The van der Waals surface area contributed by atoms with Gasteiger partial charge in [0.1, 0.15) is 0 Å². The molecule has 0 radical (unpaired) electrons. The number of nitrogens with zero attached hydrogens (tertiary/aromatic N) is 2. The van der Waals surface area contributed by atoms with Crippen molar-refractivity contribution >= 4 is 11.9 Å². The first-order valence-corrected chi connectivity index (χ1v) is 10.6. The fraction of sp³-hybridized carbons (Fsp3) is 0.417. The van der Waals surface area contributed by atoms with Gasteiger partial charge in [0.05, 0.1) is 19.8 Å². The maximum Gasteiger partial charge on any atom is 0.239 e. The van der Waals surface area contributed by atoms with E-state index in [1.807, 2.05) is 36.4 Å². The average Bonchev–Trinajstić information content (AvgIpc) is 3.24. The third-order valence-corrected chi connectivity index (χ3v) is 5.25. The number of likely N-dealkylation sites (tertiary alicyclic amines) is 1. The summed E-state index contributed by atoms with van der Waals surface area (Å²) in [7, 11) is 1.76. The van der Waals surface area contributed by atoms with Crippen LogP contribution in [0.1, 0.15) is 17.5 Å². The van der Waals surface area contributed by atoms with Gasteiger partial charge in [0.2, 0.25) is 5.91 Å². The number of carbonyl (C=O) groups is 1. The molecule has 1 saturated heterocycles. The number of hydrogen-bond acceptors (Lipinski definition) is 3. The normalized spacial score (nSPS) is 16.5. The fourth-order valence-electron chi connectivity index (χ4n) is 3.62. The minimum Gasteiger partial charge on any atom is -0.376 e. The van der Waals surface area contributed by atoms with Crippen molar-refractivity contribution in [3.8, 4) is 0 Å². The number of hydrogen-bond donors (Lipinski definition) is 2. The molecule has 3 rings (SSSR count). The van der Waals surface area contributed by atoms with Crippen LogP contribution in [0.25, 0.3) is 0 Å². The lowest BCUT2D eigenvalue weighted by atomic mass is 10.1. The third-order valence-electron chi connectivity index (χ3n) is 5.25. The number of carbonyl (C=O) groups excluding carboxylic acids is 1. The molecule has 0 saturated carbocycles. The Bertz CT molecular complexity index is 795. The zero-order valence-electron chi connectivity index (χ0n) is 17.7. The Kier molecular flexibility index (Phi) is 8.72. The monoisotopic (exact) mass is 408 g/mol. The Morgan fingerprint density at radius 3 is 2.47 bits per heavy atom. The van der Waals surface area contributed by atoms with Gasteiger partial charge in [0.15, 0.2) is 5.96 Å². The Labute approximate surface area is 179 Å². The van der Waals surface area contributed by atoms with Crippen molar-refractivity contribution in [2.75, 3.05) is 39.8 Å². The largest absolute Gasteiger partial charge is 0.376 e. The molecular formula is C24H32N4O2. The Morgan fingerprint density at radius 1 is 1.07 bits per heavy atom. The van der Waals surface area contributed by atoms with Crippen molar-refractivity contribution in [2.45, 2.75) is 19.4 Å². The van der Waals surface area contributed by atoms with E-state index in [4.69, 9.17) is 4.74 Å². The van der Waals surface area contributed by atoms with E-state index in [0.717, 1.165) is 38.5 Å². The van der Waals surface area contributed by atoms with Crippen LogP contribution in [-0.4, -0.2) is 56.6 Å². The Balaban J connectivity index is 1.32. The molecule has 1 aliphatic heterocycles. The summed E-state index contributed by atoms with van der Waals surface area (Å²) in [5, 5.41) is 6.14. The van der Waals surface area contributed by atoms with E-state index < -0.39 is 0 Å². The van der Waals surface area contributed by atoms with Crippen LogP contribution in [0.3, 0.4) is 0 Å². The van der Waals surface area contributed by atoms with Gasteiger partial charge >= 0.3 is 0 Å². The van der Waals surface area contributed by atoms with Crippen LogP contribution in [0.4, 0.5) is 0 Å². The first-order valence-electron chi connectivity index (χ1n) is 10.6. The molecule has 1 amide bonds. The maximum atomic E-state index is 12.1. The summed E-state index contributed by atoms with van der Waals surface area (Å²) >= 11 is 0. The lowest BCUT2D eigenvalue weighted by molar-refractivity contribution is -0.120. The molecule has 1 atom stereocenters. The summed E-state index contributed by atoms with van der Waals surface area (Å²) in [6, 6.07) is 20.4. The second-order valence-corrected chi connectivity index (χ2v) is 7.59. The number of rotatable bonds is 9. The summed E-state index contributed by atoms with van der Waals surface area (Å²) in [6.07, 6.45) is 1.90. The van der Waals surface area contributed by atoms with Crippen LogP contribution in [0, 0.1) is 5.92 Å². The Morgan fingerprint density at radius 2 is 1.77 bits per heavy atom. The molecule has 0 bridgehead atoms. The van der Waals surface area contributed by atoms with Crippen LogP contribution in [0.2, 0.25) is 0 Å². The second-order valence-electron chi connectivity index (χ2n) is 7.59. The van der Waals surface area contributed by atoms with Crippen molar-refractivity contribution in [2.24, 2.45) is 10.9 Å². The standard InChI is InChI=1S/C24H32N4O2/c1-25-24(27-16-23(29)26-14-12-20-8-4-2-5-9-20)28-15-13-22(17-28)19-30-18-21-10-6-3-7-11-21/h2-11,22H,12-19H2,1H3,(H,25,27)(H,26,29). The van der Waals surface area contributed by atoms with Gasteiger partial charge in [-0.2, -0.15) is 0 Å². The number of amides is 1. The van der Waals surface area contributed by atoms with Gasteiger partial charge in [-0.1, -0.05) is 60.7 Å². The predicted molar refractivity (Wildman–Crippen MR) is 120 cm³/mol. The zero-order valence-corrected chi connectivity index (χ0v) is 17.7. The summed E-state index contributed by atoms with van der Waals surface area (Å²) in [5.74, 6) is 1.24. The van der Waals surface area contributed by atoms with Crippen LogP contribution >= 0.6 is 0 Å². The van der Waals surface area contributed by atoms with Crippen LogP contribution in [0.15, 0.2) is 65.7 Å². The topological polar surface area (TPSA) is 66.0 Å². The fourth-order valence-corrected chi connectivity index (χ4v) is 3.62. The van der Waals surface area contributed by atoms with Crippen molar-refractivity contribution < 1.29 is 9.53 Å². The van der Waals surface area contributed by atoms with Gasteiger partial charge in [-0.15, -0.1) is 0 Å². The van der Waals surface area contributed by atoms with Crippen LogP contribution in [-0.2, 0) is 22.6 Å². The van der Waals surface area contributed by atoms with Gasteiger partial charge < -0.3 is 20.3 Å². The van der Waals surface area contributed by atoms with Crippen LogP contribution in [0.5, 0.6) is 0 Å². The highest BCUT2D eigenvalue weighted by Gasteiger charge is 2.25. The molecule has 160 valence electrons. The molecule has 2 aromatic rings. The number of aliphatic imine (C=N–C) groups is 1. The first-order chi connectivity index (χ1) is 14.7. The summed E-state index contributed by atoms with van der Waals surface area (Å²) in [6.45, 7) is 4.06. The number of guanidine groups is 1. The van der Waals surface area contributed by atoms with Crippen LogP contribution < -0.4 is 10.6 Å². The predicted octanol–water partition coefficient (Wildman–Crippen LogP) is 2.46.